The van der Waals surface area contributed by atoms with Crippen LogP contribution in [0.1, 0.15) is 6.92 Å². The highest BCUT2D eigenvalue weighted by atomic mass is 32.2. The first-order chi connectivity index (χ1) is 10.2. The van der Waals surface area contributed by atoms with Crippen molar-refractivity contribution in [1.82, 2.24) is 10.1 Å². The number of nitrogens with zero attached hydrogens (tertiary/aromatic N) is 2. The van der Waals surface area contributed by atoms with Crippen LogP contribution in [0, 0.1) is 0 Å². The molecule has 1 atom stereocenters. The van der Waals surface area contributed by atoms with E-state index in [-0.39, 0.29) is 6.04 Å². The van der Waals surface area contributed by atoms with Crippen LogP contribution in [0.15, 0.2) is 22.7 Å². The molecule has 1 aromatic carbocycles. The van der Waals surface area contributed by atoms with Crippen molar-refractivity contribution in [3.63, 3.8) is 0 Å². The second-order valence-electron chi connectivity index (χ2n) is 4.53. The van der Waals surface area contributed by atoms with Crippen molar-refractivity contribution in [1.29, 1.82) is 0 Å². The van der Waals surface area contributed by atoms with Gasteiger partial charge in [-0.1, -0.05) is 5.16 Å². The highest BCUT2D eigenvalue weighted by Gasteiger charge is 2.12. The Morgan fingerprint density at radius 1 is 1.24 bits per heavy atom. The molecule has 6 nitrogen and oxygen atoms in total. The topological polar surface area (TPSA) is 69.4 Å². The Labute approximate surface area is 128 Å². The minimum Gasteiger partial charge on any atom is -0.497 e. The van der Waals surface area contributed by atoms with E-state index in [4.69, 9.17) is 14.0 Å². The summed E-state index contributed by atoms with van der Waals surface area (Å²) in [5, 5.41) is 7.15. The van der Waals surface area contributed by atoms with Gasteiger partial charge in [0.1, 0.15) is 11.5 Å². The van der Waals surface area contributed by atoms with E-state index in [0.29, 0.717) is 23.3 Å². The molecule has 0 saturated carbocycles. The fourth-order valence-electron chi connectivity index (χ4n) is 1.84. The summed E-state index contributed by atoms with van der Waals surface area (Å²) >= 11 is 1.76. The van der Waals surface area contributed by atoms with Gasteiger partial charge in [-0.3, -0.25) is 0 Å². The van der Waals surface area contributed by atoms with Crippen molar-refractivity contribution in [3.8, 4) is 22.9 Å². The maximum atomic E-state index is 5.24. The number of hydrogen-bond acceptors (Lipinski definition) is 7. The summed E-state index contributed by atoms with van der Waals surface area (Å²) in [5.41, 5.74) is 0.778. The second-order valence-corrected chi connectivity index (χ2v) is 5.44. The van der Waals surface area contributed by atoms with E-state index < -0.39 is 0 Å². The SMILES string of the molecule is COc1cc(OC)cc(-c2noc(NC(C)CSC)n2)c1. The van der Waals surface area contributed by atoms with E-state index in [9.17, 15) is 0 Å². The quantitative estimate of drug-likeness (QED) is 0.843. The van der Waals surface area contributed by atoms with Gasteiger partial charge in [-0.2, -0.15) is 16.7 Å². The van der Waals surface area contributed by atoms with Gasteiger partial charge >= 0.3 is 6.01 Å². The third-order valence-corrected chi connectivity index (χ3v) is 3.66. The molecule has 0 radical (unpaired) electrons. The van der Waals surface area contributed by atoms with Crippen molar-refractivity contribution < 1.29 is 14.0 Å². The van der Waals surface area contributed by atoms with E-state index in [0.717, 1.165) is 11.3 Å². The number of hydrogen-bond donors (Lipinski definition) is 1. The minimum absolute atomic E-state index is 0.258. The van der Waals surface area contributed by atoms with Gasteiger partial charge < -0.3 is 19.3 Å². The van der Waals surface area contributed by atoms with Crippen molar-refractivity contribution in [2.75, 3.05) is 31.5 Å². The van der Waals surface area contributed by atoms with Gasteiger partial charge in [0.05, 0.1) is 14.2 Å². The Hall–Kier alpha value is -1.89. The van der Waals surface area contributed by atoms with Crippen LogP contribution in [-0.4, -0.2) is 42.4 Å². The first-order valence-electron chi connectivity index (χ1n) is 6.49. The van der Waals surface area contributed by atoms with E-state index in [1.165, 1.54) is 0 Å². The van der Waals surface area contributed by atoms with E-state index >= 15 is 0 Å². The zero-order valence-corrected chi connectivity index (χ0v) is 13.4. The predicted octanol–water partition coefficient (Wildman–Crippen LogP) is 2.92. The number of ether oxygens (including phenoxy) is 2. The number of aromatic nitrogens is 2. The monoisotopic (exact) mass is 309 g/mol. The summed E-state index contributed by atoms with van der Waals surface area (Å²) < 4.78 is 15.7. The molecule has 114 valence electrons. The lowest BCUT2D eigenvalue weighted by molar-refractivity contribution is 0.394. The predicted molar refractivity (Wildman–Crippen MR) is 84.3 cm³/mol. The molecule has 0 amide bonds. The zero-order chi connectivity index (χ0) is 15.2. The number of rotatable bonds is 7. The lowest BCUT2D eigenvalue weighted by Gasteiger charge is -2.08. The molecule has 0 spiro atoms. The Kier molecular flexibility index (Phi) is 5.32. The van der Waals surface area contributed by atoms with E-state index in [2.05, 4.69) is 28.6 Å². The number of anilines is 1. The fourth-order valence-corrected chi connectivity index (χ4v) is 2.42. The van der Waals surface area contributed by atoms with Crippen LogP contribution in [0.25, 0.3) is 11.4 Å². The lowest BCUT2D eigenvalue weighted by Crippen LogP contribution is -2.17. The third kappa shape index (κ3) is 4.04. The Morgan fingerprint density at radius 2 is 1.90 bits per heavy atom. The van der Waals surface area contributed by atoms with Crippen molar-refractivity contribution >= 4 is 17.8 Å². The largest absolute Gasteiger partial charge is 0.497 e. The van der Waals surface area contributed by atoms with Crippen molar-refractivity contribution in [2.24, 2.45) is 0 Å². The molecule has 0 saturated heterocycles. The molecule has 0 aliphatic carbocycles. The lowest BCUT2D eigenvalue weighted by atomic mass is 10.2. The standard InChI is InChI=1S/C14H19N3O3S/c1-9(8-21-4)15-14-16-13(17-20-14)10-5-11(18-2)7-12(6-10)19-3/h5-7,9H,8H2,1-4H3,(H,15,16,17). The van der Waals surface area contributed by atoms with Crippen LogP contribution in [0.3, 0.4) is 0 Å². The van der Waals surface area contributed by atoms with Crippen LogP contribution in [0.4, 0.5) is 6.01 Å². The molecule has 0 bridgehead atoms. The van der Waals surface area contributed by atoms with E-state index in [1.54, 1.807) is 32.0 Å². The summed E-state index contributed by atoms with van der Waals surface area (Å²) in [5.74, 6) is 2.81. The molecular weight excluding hydrogens is 290 g/mol. The molecule has 7 heteroatoms. The number of benzene rings is 1. The normalized spacial score (nSPS) is 12.0. The number of methoxy groups -OCH3 is 2. The van der Waals surface area contributed by atoms with Crippen LogP contribution in [-0.2, 0) is 0 Å². The van der Waals surface area contributed by atoms with Crippen molar-refractivity contribution in [2.45, 2.75) is 13.0 Å². The van der Waals surface area contributed by atoms with Gasteiger partial charge in [0.2, 0.25) is 5.82 Å². The van der Waals surface area contributed by atoms with E-state index in [1.807, 2.05) is 12.1 Å². The Bertz CT molecular complexity index is 566. The van der Waals surface area contributed by atoms with Crippen LogP contribution in [0.5, 0.6) is 11.5 Å². The number of thioether (sulfide) groups is 1. The molecule has 2 aromatic rings. The summed E-state index contributed by atoms with van der Waals surface area (Å²) in [6.45, 7) is 2.06. The summed E-state index contributed by atoms with van der Waals surface area (Å²) in [6, 6.07) is 6.13. The average Bonchev–Trinajstić information content (AvgIpc) is 2.95. The molecule has 1 heterocycles. The van der Waals surface area contributed by atoms with Gasteiger partial charge in [-0.25, -0.2) is 0 Å². The Morgan fingerprint density at radius 3 is 2.48 bits per heavy atom. The maximum absolute atomic E-state index is 5.24. The van der Waals surface area contributed by atoms with Gasteiger partial charge in [-0.05, 0) is 25.3 Å². The first-order valence-corrected chi connectivity index (χ1v) is 7.88. The Balaban J connectivity index is 2.20. The minimum atomic E-state index is 0.258. The van der Waals surface area contributed by atoms with Crippen molar-refractivity contribution in [3.05, 3.63) is 18.2 Å². The first kappa shape index (κ1) is 15.5. The summed E-state index contributed by atoms with van der Waals surface area (Å²) in [7, 11) is 3.21. The van der Waals surface area contributed by atoms with Gasteiger partial charge in [0.15, 0.2) is 0 Å². The molecule has 0 fully saturated rings. The summed E-state index contributed by atoms with van der Waals surface area (Å²) in [6.07, 6.45) is 2.06. The number of nitrogens with one attached hydrogen (secondary N) is 1. The van der Waals surface area contributed by atoms with Crippen LogP contribution in [0.2, 0.25) is 0 Å². The zero-order valence-electron chi connectivity index (χ0n) is 12.5. The average molecular weight is 309 g/mol. The molecule has 2 rings (SSSR count). The van der Waals surface area contributed by atoms with Gasteiger partial charge in [0, 0.05) is 23.4 Å². The van der Waals surface area contributed by atoms with Crippen LogP contribution < -0.4 is 14.8 Å². The highest BCUT2D eigenvalue weighted by Crippen LogP contribution is 2.28. The molecule has 1 aromatic heterocycles. The second kappa shape index (κ2) is 7.21. The van der Waals surface area contributed by atoms with Gasteiger partial charge in [-0.15, -0.1) is 0 Å². The molecule has 1 N–H and O–H groups in total. The van der Waals surface area contributed by atoms with Crippen LogP contribution >= 0.6 is 11.8 Å². The maximum Gasteiger partial charge on any atom is 0.322 e. The summed E-state index contributed by atoms with van der Waals surface area (Å²) in [4.78, 5) is 4.34. The highest BCUT2D eigenvalue weighted by molar-refractivity contribution is 7.98. The molecule has 0 aliphatic heterocycles. The molecule has 0 aliphatic rings. The molecular formula is C14H19N3O3S. The van der Waals surface area contributed by atoms with Gasteiger partial charge in [0.25, 0.3) is 0 Å². The third-order valence-electron chi connectivity index (χ3n) is 2.82. The molecule has 21 heavy (non-hydrogen) atoms. The molecule has 1 unspecified atom stereocenters. The smallest absolute Gasteiger partial charge is 0.322 e. The fraction of sp³-hybridized carbons (Fsp3) is 0.429.